The third-order valence-electron chi connectivity index (χ3n) is 3.17. The van der Waals surface area contributed by atoms with Crippen LogP contribution in [-0.4, -0.2) is 30.1 Å². The van der Waals surface area contributed by atoms with Gasteiger partial charge in [0.2, 0.25) is 0 Å². The number of ether oxygens (including phenoxy) is 2. The summed E-state index contributed by atoms with van der Waals surface area (Å²) in [5.74, 6) is -3.79. The van der Waals surface area contributed by atoms with Crippen LogP contribution in [0.25, 0.3) is 0 Å². The van der Waals surface area contributed by atoms with E-state index in [1.54, 1.807) is 24.3 Å². The van der Waals surface area contributed by atoms with Crippen molar-refractivity contribution in [3.63, 3.8) is 0 Å². The minimum Gasteiger partial charge on any atom is -0.463 e. The van der Waals surface area contributed by atoms with E-state index in [0.717, 1.165) is 12.5 Å². The molecule has 1 atom stereocenters. The van der Waals surface area contributed by atoms with E-state index in [9.17, 15) is 18.4 Å². The van der Waals surface area contributed by atoms with Crippen molar-refractivity contribution >= 4 is 12.1 Å². The van der Waals surface area contributed by atoms with E-state index in [1.807, 2.05) is 6.07 Å². The zero-order chi connectivity index (χ0) is 15.5. The first-order chi connectivity index (χ1) is 9.85. The molecule has 0 saturated heterocycles. The maximum Gasteiger partial charge on any atom is 0.408 e. The molecule has 1 N–H and O–H groups in total. The third-order valence-corrected chi connectivity index (χ3v) is 3.17. The second-order valence-electron chi connectivity index (χ2n) is 4.93. The molecule has 0 radical (unpaired) electrons. The van der Waals surface area contributed by atoms with Gasteiger partial charge >= 0.3 is 12.1 Å². The van der Waals surface area contributed by atoms with E-state index in [0.29, 0.717) is 0 Å². The normalized spacial score (nSPS) is 22.2. The number of esters is 1. The van der Waals surface area contributed by atoms with Crippen molar-refractivity contribution in [2.75, 3.05) is 6.61 Å². The minimum atomic E-state index is -3.10. The first-order valence-corrected chi connectivity index (χ1v) is 6.35. The Labute approximate surface area is 120 Å². The lowest BCUT2D eigenvalue weighted by molar-refractivity contribution is -0.142. The highest BCUT2D eigenvalue weighted by atomic mass is 19.3. The van der Waals surface area contributed by atoms with E-state index in [2.05, 4.69) is 10.1 Å². The number of rotatable bonds is 5. The number of alkyl halides is 2. The predicted octanol–water partition coefficient (Wildman–Crippen LogP) is 2.25. The van der Waals surface area contributed by atoms with Crippen LogP contribution in [0, 0.1) is 0 Å². The molecule has 114 valence electrons. The molecule has 1 fully saturated rings. The van der Waals surface area contributed by atoms with Crippen LogP contribution in [0.5, 0.6) is 0 Å². The van der Waals surface area contributed by atoms with Gasteiger partial charge in [-0.2, -0.15) is 0 Å². The maximum absolute atomic E-state index is 13.4. The predicted molar refractivity (Wildman–Crippen MR) is 68.7 cm³/mol. The van der Waals surface area contributed by atoms with Gasteiger partial charge in [0.15, 0.2) is 0 Å². The molecule has 1 aromatic carbocycles. The fourth-order valence-corrected chi connectivity index (χ4v) is 1.84. The molecule has 2 rings (SSSR count). The van der Waals surface area contributed by atoms with Gasteiger partial charge in [-0.25, -0.2) is 13.6 Å². The quantitative estimate of drug-likeness (QED) is 0.847. The summed E-state index contributed by atoms with van der Waals surface area (Å²) in [5.41, 5.74) is -1.11. The summed E-state index contributed by atoms with van der Waals surface area (Å²) in [7, 11) is 0. The Bertz CT molecular complexity index is 535. The fraction of sp³-hybridized carbons (Fsp3) is 0.429. The summed E-state index contributed by atoms with van der Waals surface area (Å²) in [6.45, 7) is 0.513. The largest absolute Gasteiger partial charge is 0.463 e. The van der Waals surface area contributed by atoms with Crippen molar-refractivity contribution in [1.82, 2.24) is 5.32 Å². The van der Waals surface area contributed by atoms with E-state index >= 15 is 0 Å². The van der Waals surface area contributed by atoms with Crippen LogP contribution < -0.4 is 5.32 Å². The second-order valence-corrected chi connectivity index (χ2v) is 4.93. The fourth-order valence-electron chi connectivity index (χ4n) is 1.84. The van der Waals surface area contributed by atoms with Crippen molar-refractivity contribution in [2.45, 2.75) is 31.4 Å². The number of nitrogens with one attached hydrogen (secondary N) is 1. The molecule has 1 unspecified atom stereocenters. The van der Waals surface area contributed by atoms with Gasteiger partial charge < -0.3 is 14.8 Å². The molecule has 0 spiro atoms. The smallest absolute Gasteiger partial charge is 0.408 e. The van der Waals surface area contributed by atoms with E-state index in [4.69, 9.17) is 4.74 Å². The average molecular weight is 299 g/mol. The number of hydrogen-bond acceptors (Lipinski definition) is 4. The van der Waals surface area contributed by atoms with Crippen LogP contribution in [0.1, 0.15) is 18.9 Å². The highest BCUT2D eigenvalue weighted by Gasteiger charge is 2.73. The van der Waals surface area contributed by atoms with Crippen molar-refractivity contribution in [3.05, 3.63) is 35.9 Å². The van der Waals surface area contributed by atoms with Crippen molar-refractivity contribution in [3.8, 4) is 0 Å². The molecule has 1 aromatic rings. The molecule has 1 saturated carbocycles. The Morgan fingerprint density at radius 2 is 1.86 bits per heavy atom. The molecule has 0 aromatic heterocycles. The van der Waals surface area contributed by atoms with Crippen molar-refractivity contribution in [1.29, 1.82) is 0 Å². The first kappa shape index (κ1) is 15.2. The number of benzene rings is 1. The number of amides is 1. The maximum atomic E-state index is 13.4. The molecule has 1 amide bonds. The van der Waals surface area contributed by atoms with Gasteiger partial charge in [0, 0.05) is 13.3 Å². The number of alkyl carbamates (subject to hydrolysis) is 1. The van der Waals surface area contributed by atoms with Gasteiger partial charge in [-0.1, -0.05) is 30.3 Å². The summed E-state index contributed by atoms with van der Waals surface area (Å²) < 4.78 is 36.2. The molecule has 1 aliphatic rings. The van der Waals surface area contributed by atoms with Crippen LogP contribution in [-0.2, 0) is 20.9 Å². The third kappa shape index (κ3) is 3.68. The van der Waals surface area contributed by atoms with Gasteiger partial charge in [0.1, 0.15) is 18.8 Å². The Balaban J connectivity index is 1.87. The van der Waals surface area contributed by atoms with Crippen LogP contribution in [0.15, 0.2) is 30.3 Å². The molecule has 7 heteroatoms. The van der Waals surface area contributed by atoms with E-state index in [-0.39, 0.29) is 6.61 Å². The standard InChI is InChI=1S/C14H15F2NO4/c1-10(18)21-9-13(8-14(13,15)16)17-12(19)20-7-11-5-3-2-4-6-11/h2-6H,7-9H2,1H3,(H,17,19). The summed E-state index contributed by atoms with van der Waals surface area (Å²) in [5, 5.41) is 2.09. The number of hydrogen-bond donors (Lipinski definition) is 1. The van der Waals surface area contributed by atoms with Crippen LogP contribution in [0.4, 0.5) is 13.6 Å². The van der Waals surface area contributed by atoms with Gasteiger partial charge in [0.05, 0.1) is 0 Å². The summed E-state index contributed by atoms with van der Waals surface area (Å²) in [6, 6.07) is 8.84. The molecule has 0 aliphatic heterocycles. The summed E-state index contributed by atoms with van der Waals surface area (Å²) in [6.07, 6.45) is -1.54. The zero-order valence-corrected chi connectivity index (χ0v) is 11.4. The molecular weight excluding hydrogens is 284 g/mol. The first-order valence-electron chi connectivity index (χ1n) is 6.35. The Hall–Kier alpha value is -2.18. The van der Waals surface area contributed by atoms with Crippen LogP contribution >= 0.6 is 0 Å². The molecular formula is C14H15F2NO4. The topological polar surface area (TPSA) is 64.6 Å². The van der Waals surface area contributed by atoms with Gasteiger partial charge in [-0.05, 0) is 5.56 Å². The van der Waals surface area contributed by atoms with E-state index < -0.39 is 36.6 Å². The number of carbonyl (C=O) groups excluding carboxylic acids is 2. The van der Waals surface area contributed by atoms with Crippen molar-refractivity contribution < 1.29 is 27.8 Å². The summed E-state index contributed by atoms with van der Waals surface area (Å²) in [4.78, 5) is 22.3. The monoisotopic (exact) mass is 299 g/mol. The van der Waals surface area contributed by atoms with E-state index in [1.165, 1.54) is 0 Å². The summed E-state index contributed by atoms with van der Waals surface area (Å²) >= 11 is 0. The minimum absolute atomic E-state index is 0.0259. The van der Waals surface area contributed by atoms with Gasteiger partial charge in [0.25, 0.3) is 5.92 Å². The lowest BCUT2D eigenvalue weighted by atomic mass is 10.2. The Kier molecular flexibility index (Phi) is 4.11. The second kappa shape index (κ2) is 5.67. The molecule has 0 bridgehead atoms. The number of halogens is 2. The highest BCUT2D eigenvalue weighted by Crippen LogP contribution is 2.52. The van der Waals surface area contributed by atoms with Crippen LogP contribution in [0.3, 0.4) is 0 Å². The Morgan fingerprint density at radius 3 is 2.38 bits per heavy atom. The number of carbonyl (C=O) groups is 2. The molecule has 21 heavy (non-hydrogen) atoms. The SMILES string of the molecule is CC(=O)OCC1(NC(=O)OCc2ccccc2)CC1(F)F. The van der Waals surface area contributed by atoms with Gasteiger partial charge in [-0.3, -0.25) is 4.79 Å². The average Bonchev–Trinajstić information content (AvgIpc) is 2.97. The molecule has 0 heterocycles. The van der Waals surface area contributed by atoms with Gasteiger partial charge in [-0.15, -0.1) is 0 Å². The lowest BCUT2D eigenvalue weighted by Crippen LogP contribution is -2.45. The van der Waals surface area contributed by atoms with Crippen LogP contribution in [0.2, 0.25) is 0 Å². The highest BCUT2D eigenvalue weighted by molar-refractivity contribution is 5.70. The molecule has 1 aliphatic carbocycles. The zero-order valence-electron chi connectivity index (χ0n) is 11.4. The van der Waals surface area contributed by atoms with Crippen molar-refractivity contribution in [2.24, 2.45) is 0 Å². The molecule has 5 nitrogen and oxygen atoms in total. The Morgan fingerprint density at radius 1 is 1.24 bits per heavy atom. The lowest BCUT2D eigenvalue weighted by Gasteiger charge is -2.17.